The molecular weight excluding hydrogens is 378 g/mol. The Labute approximate surface area is 166 Å². The lowest BCUT2D eigenvalue weighted by atomic mass is 10.1. The number of ether oxygens (including phenoxy) is 3. The standard InChI is InChI=1S/C20H21N3O4S/c1-6-13-11(2)21-9-14(13)22-20-23-15(10-28-20)18(24)12-7-16(25-3)19(27-5)17(8-12)26-4/h6-10,21H,2H2,1,3-5H3,(H,22,23)/b13-6+. The topological polar surface area (TPSA) is 85.5 Å². The quantitative estimate of drug-likeness (QED) is 0.594. The molecular formula is C20H21N3O4S. The number of nitrogens with zero attached hydrogens (tertiary/aromatic N) is 1. The number of thiazole rings is 1. The maximum atomic E-state index is 12.9. The molecule has 2 heterocycles. The summed E-state index contributed by atoms with van der Waals surface area (Å²) < 4.78 is 15.9. The van der Waals surface area contributed by atoms with Crippen LogP contribution in [0.5, 0.6) is 17.2 Å². The molecule has 1 aromatic carbocycles. The number of aromatic amines is 1. The van der Waals surface area contributed by atoms with E-state index >= 15 is 0 Å². The summed E-state index contributed by atoms with van der Waals surface area (Å²) in [7, 11) is 4.53. The largest absolute Gasteiger partial charge is 0.493 e. The predicted molar refractivity (Wildman–Crippen MR) is 111 cm³/mol. The minimum absolute atomic E-state index is 0.238. The normalized spacial score (nSPS) is 11.4. The number of H-pyrrole nitrogens is 1. The Hall–Kier alpha value is -3.26. The minimum Gasteiger partial charge on any atom is -0.493 e. The summed E-state index contributed by atoms with van der Waals surface area (Å²) in [5.74, 6) is 1.02. The number of rotatable bonds is 7. The molecule has 0 bridgehead atoms. The van der Waals surface area contributed by atoms with Gasteiger partial charge in [0.15, 0.2) is 16.6 Å². The summed E-state index contributed by atoms with van der Waals surface area (Å²) in [6.07, 6.45) is 3.77. The van der Waals surface area contributed by atoms with Gasteiger partial charge < -0.3 is 24.5 Å². The second-order valence-corrected chi connectivity index (χ2v) is 6.65. The average Bonchev–Trinajstić information content (AvgIpc) is 3.32. The molecule has 28 heavy (non-hydrogen) atoms. The molecule has 0 amide bonds. The van der Waals surface area contributed by atoms with E-state index in [1.54, 1.807) is 17.5 Å². The number of ketones is 1. The third-order valence-electron chi connectivity index (χ3n) is 4.20. The molecule has 0 spiro atoms. The highest BCUT2D eigenvalue weighted by Gasteiger charge is 2.20. The monoisotopic (exact) mass is 399 g/mol. The molecule has 0 fully saturated rings. The predicted octanol–water partition coefficient (Wildman–Crippen LogP) is 2.68. The second-order valence-electron chi connectivity index (χ2n) is 5.79. The van der Waals surface area contributed by atoms with Gasteiger partial charge in [0, 0.05) is 27.7 Å². The van der Waals surface area contributed by atoms with Gasteiger partial charge in [0.25, 0.3) is 0 Å². The number of hydrogen-bond donors (Lipinski definition) is 2. The molecule has 0 radical (unpaired) electrons. The number of methoxy groups -OCH3 is 3. The van der Waals surface area contributed by atoms with Gasteiger partial charge in [-0.1, -0.05) is 12.7 Å². The number of aromatic nitrogens is 2. The highest BCUT2D eigenvalue weighted by atomic mass is 32.1. The van der Waals surface area contributed by atoms with E-state index in [2.05, 4.69) is 21.9 Å². The van der Waals surface area contributed by atoms with Crippen molar-refractivity contribution in [2.45, 2.75) is 6.92 Å². The van der Waals surface area contributed by atoms with Gasteiger partial charge in [0.05, 0.1) is 27.0 Å². The third-order valence-corrected chi connectivity index (χ3v) is 4.96. The van der Waals surface area contributed by atoms with Crippen LogP contribution in [-0.2, 0) is 0 Å². The first-order valence-corrected chi connectivity index (χ1v) is 9.30. The van der Waals surface area contributed by atoms with E-state index < -0.39 is 0 Å². The smallest absolute Gasteiger partial charge is 0.212 e. The summed E-state index contributed by atoms with van der Waals surface area (Å²) in [6.45, 7) is 5.88. The second kappa shape index (κ2) is 8.18. The summed E-state index contributed by atoms with van der Waals surface area (Å²) in [6, 6.07) is 3.23. The van der Waals surface area contributed by atoms with Crippen LogP contribution in [0.3, 0.4) is 0 Å². The molecule has 146 valence electrons. The molecule has 3 aromatic rings. The molecule has 3 rings (SSSR count). The van der Waals surface area contributed by atoms with Gasteiger partial charge in [-0.25, -0.2) is 4.98 Å². The molecule has 8 heteroatoms. The Bertz CT molecular complexity index is 1090. The molecule has 0 saturated heterocycles. The zero-order valence-electron chi connectivity index (χ0n) is 16.1. The number of carbonyl (C=O) groups excluding carboxylic acids is 1. The van der Waals surface area contributed by atoms with E-state index in [9.17, 15) is 4.79 Å². The van der Waals surface area contributed by atoms with Crippen molar-refractivity contribution in [2.24, 2.45) is 0 Å². The van der Waals surface area contributed by atoms with Crippen molar-refractivity contribution in [1.82, 2.24) is 9.97 Å². The zero-order valence-corrected chi connectivity index (χ0v) is 16.9. The summed E-state index contributed by atoms with van der Waals surface area (Å²) in [5, 5.41) is 7.32. The molecule has 0 aliphatic rings. The molecule has 0 aliphatic heterocycles. The summed E-state index contributed by atoms with van der Waals surface area (Å²) >= 11 is 1.34. The highest BCUT2D eigenvalue weighted by molar-refractivity contribution is 7.14. The van der Waals surface area contributed by atoms with E-state index in [0.29, 0.717) is 33.6 Å². The molecule has 7 nitrogen and oxygen atoms in total. The fourth-order valence-electron chi connectivity index (χ4n) is 2.82. The number of benzene rings is 1. The van der Waals surface area contributed by atoms with Crippen molar-refractivity contribution in [1.29, 1.82) is 0 Å². The lowest BCUT2D eigenvalue weighted by molar-refractivity contribution is 0.103. The number of hydrogen-bond acceptors (Lipinski definition) is 7. The fourth-order valence-corrected chi connectivity index (χ4v) is 3.52. The Morgan fingerprint density at radius 1 is 1.21 bits per heavy atom. The number of carbonyl (C=O) groups is 1. The molecule has 0 saturated carbocycles. The van der Waals surface area contributed by atoms with Crippen LogP contribution in [0.25, 0.3) is 12.7 Å². The number of anilines is 2. The van der Waals surface area contributed by atoms with Gasteiger partial charge in [-0.05, 0) is 19.1 Å². The fraction of sp³-hybridized carbons (Fsp3) is 0.200. The van der Waals surface area contributed by atoms with Crippen molar-refractivity contribution in [2.75, 3.05) is 26.6 Å². The van der Waals surface area contributed by atoms with Gasteiger partial charge in [0.1, 0.15) is 5.69 Å². The first kappa shape index (κ1) is 19.5. The van der Waals surface area contributed by atoms with Crippen LogP contribution >= 0.6 is 11.3 Å². The van der Waals surface area contributed by atoms with Crippen LogP contribution < -0.4 is 30.1 Å². The molecule has 0 atom stereocenters. The van der Waals surface area contributed by atoms with Crippen LogP contribution in [0.1, 0.15) is 23.0 Å². The van der Waals surface area contributed by atoms with Crippen molar-refractivity contribution < 1.29 is 19.0 Å². The van der Waals surface area contributed by atoms with Crippen LogP contribution in [0, 0.1) is 0 Å². The van der Waals surface area contributed by atoms with E-state index in [-0.39, 0.29) is 5.78 Å². The first-order chi connectivity index (χ1) is 13.5. The van der Waals surface area contributed by atoms with Crippen molar-refractivity contribution in [3.63, 3.8) is 0 Å². The Balaban J connectivity index is 1.91. The lowest BCUT2D eigenvalue weighted by Gasteiger charge is -2.13. The van der Waals surface area contributed by atoms with Crippen LogP contribution in [-0.4, -0.2) is 37.1 Å². The van der Waals surface area contributed by atoms with Crippen LogP contribution in [0.15, 0.2) is 23.7 Å². The Morgan fingerprint density at radius 2 is 1.89 bits per heavy atom. The van der Waals surface area contributed by atoms with Crippen molar-refractivity contribution in [3.05, 3.63) is 45.5 Å². The van der Waals surface area contributed by atoms with E-state index in [4.69, 9.17) is 14.2 Å². The van der Waals surface area contributed by atoms with Crippen LogP contribution in [0.2, 0.25) is 0 Å². The van der Waals surface area contributed by atoms with E-state index in [1.165, 1.54) is 32.7 Å². The minimum atomic E-state index is -0.238. The Kier molecular flexibility index (Phi) is 5.70. The molecule has 0 aliphatic carbocycles. The van der Waals surface area contributed by atoms with Gasteiger partial charge in [-0.15, -0.1) is 11.3 Å². The molecule has 2 N–H and O–H groups in total. The summed E-state index contributed by atoms with van der Waals surface area (Å²) in [4.78, 5) is 20.4. The van der Waals surface area contributed by atoms with Crippen molar-refractivity contribution >= 4 is 40.6 Å². The maximum Gasteiger partial charge on any atom is 0.212 e. The molecule has 2 aromatic heterocycles. The van der Waals surface area contributed by atoms with E-state index in [1.807, 2.05) is 19.2 Å². The lowest BCUT2D eigenvalue weighted by Crippen LogP contribution is -2.21. The third kappa shape index (κ3) is 3.59. The number of nitrogens with one attached hydrogen (secondary N) is 2. The van der Waals surface area contributed by atoms with Gasteiger partial charge in [-0.3, -0.25) is 4.79 Å². The SMILES string of the molecule is C=c1[nH]cc(Nc2nc(C(=O)c3cc(OC)c(OC)c(OC)c3)cs2)/c1=C/C. The van der Waals surface area contributed by atoms with Gasteiger partial charge >= 0.3 is 0 Å². The molecule has 0 unspecified atom stereocenters. The van der Waals surface area contributed by atoms with Crippen LogP contribution in [0.4, 0.5) is 10.8 Å². The average molecular weight is 399 g/mol. The summed E-state index contributed by atoms with van der Waals surface area (Å²) in [5.41, 5.74) is 1.58. The van der Waals surface area contributed by atoms with Crippen molar-refractivity contribution in [3.8, 4) is 17.2 Å². The van der Waals surface area contributed by atoms with Gasteiger partial charge in [0.2, 0.25) is 11.5 Å². The maximum absolute atomic E-state index is 12.9. The zero-order chi connectivity index (χ0) is 20.3. The van der Waals surface area contributed by atoms with E-state index in [0.717, 1.165) is 16.3 Å². The Morgan fingerprint density at radius 3 is 2.46 bits per heavy atom. The van der Waals surface area contributed by atoms with Gasteiger partial charge in [-0.2, -0.15) is 0 Å². The first-order valence-electron chi connectivity index (χ1n) is 8.42. The highest BCUT2D eigenvalue weighted by Crippen LogP contribution is 2.38.